The lowest BCUT2D eigenvalue weighted by molar-refractivity contribution is -0.142. The van der Waals surface area contributed by atoms with Crippen molar-refractivity contribution >= 4 is 17.9 Å². The molecule has 0 aliphatic heterocycles. The zero-order valence-corrected chi connectivity index (χ0v) is 9.02. The Kier molecular flexibility index (Phi) is 6.27. The van der Waals surface area contributed by atoms with Crippen LogP contribution in [0.3, 0.4) is 0 Å². The molecule has 0 aromatic carbocycles. The van der Waals surface area contributed by atoms with Gasteiger partial charge in [0.15, 0.2) is 0 Å². The van der Waals surface area contributed by atoms with Crippen LogP contribution in [-0.2, 0) is 28.6 Å². The van der Waals surface area contributed by atoms with Gasteiger partial charge in [-0.3, -0.25) is 4.79 Å². The highest BCUT2D eigenvalue weighted by molar-refractivity contribution is 5.99. The molecule has 88 valence electrons. The average molecular weight is 228 g/mol. The quantitative estimate of drug-likeness (QED) is 0.292. The normalized spacial score (nSPS) is 10.2. The molecule has 0 saturated heterocycles. The minimum absolute atomic E-state index is 0.152. The molecule has 0 N–H and O–H groups in total. The second-order valence-corrected chi connectivity index (χ2v) is 2.52. The van der Waals surface area contributed by atoms with E-state index in [9.17, 15) is 14.4 Å². The molecule has 0 aromatic rings. The molecule has 0 radical (unpaired) electrons. The van der Waals surface area contributed by atoms with Gasteiger partial charge in [-0.05, 0) is 0 Å². The summed E-state index contributed by atoms with van der Waals surface area (Å²) in [5.41, 5.74) is -0.152. The van der Waals surface area contributed by atoms with Crippen molar-refractivity contribution in [2.45, 2.75) is 6.42 Å². The molecule has 6 nitrogen and oxygen atoms in total. The fourth-order valence-corrected chi connectivity index (χ4v) is 0.805. The van der Waals surface area contributed by atoms with Crippen LogP contribution >= 0.6 is 0 Å². The summed E-state index contributed by atoms with van der Waals surface area (Å²) in [5, 5.41) is 0. The van der Waals surface area contributed by atoms with Crippen LogP contribution in [0.1, 0.15) is 6.42 Å². The monoisotopic (exact) mass is 228 g/mol. The van der Waals surface area contributed by atoms with Crippen molar-refractivity contribution in [2.75, 3.05) is 14.2 Å². The Balaban J connectivity index is 4.75. The fourth-order valence-electron chi connectivity index (χ4n) is 0.805. The van der Waals surface area contributed by atoms with E-state index in [1.165, 1.54) is 0 Å². The maximum Gasteiger partial charge on any atom is 0.334 e. The van der Waals surface area contributed by atoms with Crippen LogP contribution in [0, 0.1) is 0 Å². The smallest absolute Gasteiger partial charge is 0.334 e. The lowest BCUT2D eigenvalue weighted by Crippen LogP contribution is -2.13. The van der Waals surface area contributed by atoms with Crippen molar-refractivity contribution in [3.05, 3.63) is 24.5 Å². The minimum Gasteiger partial charge on any atom is -0.466 e. The summed E-state index contributed by atoms with van der Waals surface area (Å²) in [6.07, 6.45) is 1.40. The molecule has 0 spiro atoms. The van der Waals surface area contributed by atoms with E-state index in [1.807, 2.05) is 0 Å². The van der Waals surface area contributed by atoms with Gasteiger partial charge in [-0.2, -0.15) is 0 Å². The second kappa shape index (κ2) is 7.22. The number of hydrogen-bond acceptors (Lipinski definition) is 6. The van der Waals surface area contributed by atoms with Crippen molar-refractivity contribution in [1.29, 1.82) is 0 Å². The first-order chi connectivity index (χ1) is 7.54. The van der Waals surface area contributed by atoms with E-state index in [1.54, 1.807) is 0 Å². The molecule has 0 rings (SSSR count). The predicted molar refractivity (Wildman–Crippen MR) is 53.0 cm³/mol. The molecule has 0 aliphatic carbocycles. The van der Waals surface area contributed by atoms with Gasteiger partial charge >= 0.3 is 17.9 Å². The topological polar surface area (TPSA) is 78.9 Å². The molecule has 0 atom stereocenters. The Morgan fingerprint density at radius 2 is 1.81 bits per heavy atom. The molecule has 0 amide bonds. The van der Waals surface area contributed by atoms with Crippen LogP contribution in [-0.4, -0.2) is 32.1 Å². The van der Waals surface area contributed by atoms with Crippen molar-refractivity contribution < 1.29 is 28.6 Å². The van der Waals surface area contributed by atoms with E-state index in [4.69, 9.17) is 0 Å². The first-order valence-corrected chi connectivity index (χ1v) is 4.22. The number of carbonyl (C=O) groups excluding carboxylic acids is 3. The zero-order chi connectivity index (χ0) is 12.6. The SMILES string of the molecule is C=COC(=O)C/C(=C/C(=O)OC)C(=O)OC. The first kappa shape index (κ1) is 13.9. The van der Waals surface area contributed by atoms with E-state index in [2.05, 4.69) is 20.8 Å². The number of carbonyl (C=O) groups is 3. The molecule has 0 unspecified atom stereocenters. The van der Waals surface area contributed by atoms with Crippen LogP contribution in [0.15, 0.2) is 24.5 Å². The third-order valence-electron chi connectivity index (χ3n) is 1.49. The molecule has 0 aromatic heterocycles. The van der Waals surface area contributed by atoms with Gasteiger partial charge in [-0.25, -0.2) is 9.59 Å². The van der Waals surface area contributed by atoms with Gasteiger partial charge in [0, 0.05) is 6.08 Å². The highest BCUT2D eigenvalue weighted by Gasteiger charge is 2.16. The van der Waals surface area contributed by atoms with Gasteiger partial charge in [-0.1, -0.05) is 6.58 Å². The van der Waals surface area contributed by atoms with Crippen LogP contribution < -0.4 is 0 Å². The second-order valence-electron chi connectivity index (χ2n) is 2.52. The van der Waals surface area contributed by atoms with E-state index >= 15 is 0 Å². The zero-order valence-electron chi connectivity index (χ0n) is 9.02. The van der Waals surface area contributed by atoms with Crippen LogP contribution in [0.25, 0.3) is 0 Å². The average Bonchev–Trinajstić information content (AvgIpc) is 2.27. The molecule has 0 saturated carbocycles. The standard InChI is InChI=1S/C10H12O6/c1-4-16-9(12)6-7(10(13)15-3)5-8(11)14-2/h4-5H,1,6H2,2-3H3/b7-5-. The highest BCUT2D eigenvalue weighted by Crippen LogP contribution is 2.06. The molecular formula is C10H12O6. The number of rotatable bonds is 5. The molecule has 0 aliphatic rings. The Morgan fingerprint density at radius 1 is 1.19 bits per heavy atom. The first-order valence-electron chi connectivity index (χ1n) is 4.22. The maximum atomic E-state index is 11.2. The van der Waals surface area contributed by atoms with Gasteiger partial charge in [0.05, 0.1) is 32.5 Å². The van der Waals surface area contributed by atoms with Crippen molar-refractivity contribution in [1.82, 2.24) is 0 Å². The molecule has 0 fully saturated rings. The molecular weight excluding hydrogens is 216 g/mol. The summed E-state index contributed by atoms with van der Waals surface area (Å²) in [6.45, 7) is 3.18. The summed E-state index contributed by atoms with van der Waals surface area (Å²) in [6, 6.07) is 0. The van der Waals surface area contributed by atoms with Gasteiger partial charge in [0.25, 0.3) is 0 Å². The van der Waals surface area contributed by atoms with Crippen molar-refractivity contribution in [3.63, 3.8) is 0 Å². The van der Waals surface area contributed by atoms with E-state index < -0.39 is 24.3 Å². The third kappa shape index (κ3) is 4.94. The Labute approximate surface area is 92.5 Å². The van der Waals surface area contributed by atoms with Crippen molar-refractivity contribution in [3.8, 4) is 0 Å². The lowest BCUT2D eigenvalue weighted by atomic mass is 10.2. The number of esters is 3. The van der Waals surface area contributed by atoms with Gasteiger partial charge in [0.2, 0.25) is 0 Å². The Morgan fingerprint density at radius 3 is 2.25 bits per heavy atom. The van der Waals surface area contributed by atoms with Crippen molar-refractivity contribution in [2.24, 2.45) is 0 Å². The van der Waals surface area contributed by atoms with Gasteiger partial charge in [0.1, 0.15) is 0 Å². The molecule has 6 heteroatoms. The maximum absolute atomic E-state index is 11.2. The summed E-state index contributed by atoms with van der Waals surface area (Å²) < 4.78 is 13.1. The van der Waals surface area contributed by atoms with Gasteiger partial charge < -0.3 is 14.2 Å². The van der Waals surface area contributed by atoms with Crippen LogP contribution in [0.4, 0.5) is 0 Å². The molecule has 0 bridgehead atoms. The third-order valence-corrected chi connectivity index (χ3v) is 1.49. The van der Waals surface area contributed by atoms with Crippen LogP contribution in [0.5, 0.6) is 0 Å². The minimum atomic E-state index is -0.800. The Hall–Kier alpha value is -2.11. The fraction of sp³-hybridized carbons (Fsp3) is 0.300. The highest BCUT2D eigenvalue weighted by atomic mass is 16.5. The largest absolute Gasteiger partial charge is 0.466 e. The summed E-state index contributed by atoms with van der Waals surface area (Å²) in [4.78, 5) is 33.1. The number of hydrogen-bond donors (Lipinski definition) is 0. The lowest BCUT2D eigenvalue weighted by Gasteiger charge is -2.03. The Bertz CT molecular complexity index is 328. The predicted octanol–water partition coefficient (Wildman–Crippen LogP) is 0.336. The van der Waals surface area contributed by atoms with Gasteiger partial charge in [-0.15, -0.1) is 0 Å². The summed E-state index contributed by atoms with van der Waals surface area (Å²) in [7, 11) is 2.28. The van der Waals surface area contributed by atoms with E-state index in [0.717, 1.165) is 26.6 Å². The molecule has 0 heterocycles. The molecule has 16 heavy (non-hydrogen) atoms. The van der Waals surface area contributed by atoms with E-state index in [-0.39, 0.29) is 5.57 Å². The van der Waals surface area contributed by atoms with Crippen LogP contribution in [0.2, 0.25) is 0 Å². The summed E-state index contributed by atoms with van der Waals surface area (Å²) in [5.74, 6) is -2.28. The summed E-state index contributed by atoms with van der Waals surface area (Å²) >= 11 is 0. The number of ether oxygens (including phenoxy) is 3. The van der Waals surface area contributed by atoms with E-state index in [0.29, 0.717) is 0 Å². The number of methoxy groups -OCH3 is 2.